The SMILES string of the molecule is CCCCCCCCCCCCOP(=O)(C(=O)c1c(C)cc(C)cc1C)C(=O)c1c(C)cc(C)cc1C. The third-order valence-corrected chi connectivity index (χ3v) is 9.15. The first-order chi connectivity index (χ1) is 17.5. The fourth-order valence-electron chi connectivity index (χ4n) is 5.32. The molecule has 2 rings (SSSR count). The molecular formula is C32H47O4P. The van der Waals surface area contributed by atoms with E-state index in [2.05, 4.69) is 6.92 Å². The van der Waals surface area contributed by atoms with Crippen molar-refractivity contribution in [3.63, 3.8) is 0 Å². The zero-order valence-electron chi connectivity index (χ0n) is 24.2. The van der Waals surface area contributed by atoms with E-state index in [0.717, 1.165) is 46.2 Å². The van der Waals surface area contributed by atoms with Crippen LogP contribution in [-0.2, 0) is 9.09 Å². The van der Waals surface area contributed by atoms with Crippen molar-refractivity contribution in [2.45, 2.75) is 113 Å². The molecule has 0 spiro atoms. The number of rotatable bonds is 16. The van der Waals surface area contributed by atoms with Gasteiger partial charge in [0.15, 0.2) is 0 Å². The fraction of sp³-hybridized carbons (Fsp3) is 0.562. The van der Waals surface area contributed by atoms with Crippen LogP contribution in [0, 0.1) is 41.5 Å². The van der Waals surface area contributed by atoms with Crippen molar-refractivity contribution in [3.8, 4) is 0 Å². The number of unbranched alkanes of at least 4 members (excludes halogenated alkanes) is 9. The maximum absolute atomic E-state index is 14.3. The van der Waals surface area contributed by atoms with Gasteiger partial charge in [-0.3, -0.25) is 14.2 Å². The summed E-state index contributed by atoms with van der Waals surface area (Å²) >= 11 is 0. The van der Waals surface area contributed by atoms with E-state index in [1.54, 1.807) is 0 Å². The van der Waals surface area contributed by atoms with E-state index in [0.29, 0.717) is 17.5 Å². The summed E-state index contributed by atoms with van der Waals surface area (Å²) in [6.07, 6.45) is 11.6. The van der Waals surface area contributed by atoms with E-state index >= 15 is 0 Å². The Morgan fingerprint density at radius 3 is 1.27 bits per heavy atom. The molecule has 37 heavy (non-hydrogen) atoms. The predicted molar refractivity (Wildman–Crippen MR) is 155 cm³/mol. The molecule has 204 valence electrons. The lowest BCUT2D eigenvalue weighted by atomic mass is 10.0. The first kappa shape index (κ1) is 31.2. The van der Waals surface area contributed by atoms with E-state index in [4.69, 9.17) is 4.52 Å². The molecule has 2 aromatic carbocycles. The van der Waals surface area contributed by atoms with Gasteiger partial charge in [-0.15, -0.1) is 0 Å². The molecule has 2 aromatic rings. The summed E-state index contributed by atoms with van der Waals surface area (Å²) in [6, 6.07) is 7.55. The standard InChI is InChI=1S/C32H47O4P/c1-8-9-10-11-12-13-14-15-16-17-18-36-37(35,31(33)29-25(4)19-23(2)20-26(29)5)32(34)30-27(6)21-24(3)22-28(30)7/h19-22H,8-18H2,1-7H3. The molecule has 0 N–H and O–H groups in total. The number of carbonyl (C=O) groups is 2. The topological polar surface area (TPSA) is 60.4 Å². The van der Waals surface area contributed by atoms with Crippen LogP contribution in [0.5, 0.6) is 0 Å². The zero-order valence-corrected chi connectivity index (χ0v) is 25.1. The van der Waals surface area contributed by atoms with Gasteiger partial charge in [-0.1, -0.05) is 100 Å². The highest BCUT2D eigenvalue weighted by Crippen LogP contribution is 2.54. The molecule has 0 saturated heterocycles. The van der Waals surface area contributed by atoms with Crippen LogP contribution in [-0.4, -0.2) is 17.7 Å². The number of hydrogen-bond donors (Lipinski definition) is 0. The summed E-state index contributed by atoms with van der Waals surface area (Å²) in [5.41, 5.74) is 4.23. The highest BCUT2D eigenvalue weighted by Gasteiger charge is 2.44. The zero-order chi connectivity index (χ0) is 27.6. The van der Waals surface area contributed by atoms with Crippen LogP contribution >= 0.6 is 7.37 Å². The van der Waals surface area contributed by atoms with Gasteiger partial charge in [-0.25, -0.2) is 0 Å². The second-order valence-corrected chi connectivity index (χ2v) is 12.9. The van der Waals surface area contributed by atoms with E-state index in [1.165, 1.54) is 44.9 Å². The summed E-state index contributed by atoms with van der Waals surface area (Å²) in [4.78, 5) is 27.7. The molecule has 0 saturated carbocycles. The Bertz CT molecular complexity index is 1010. The molecule has 0 amide bonds. The van der Waals surface area contributed by atoms with Gasteiger partial charge in [0.25, 0.3) is 11.0 Å². The summed E-state index contributed by atoms with van der Waals surface area (Å²) in [5, 5.41) is 0. The smallest absolute Gasteiger partial charge is 0.318 e. The Morgan fingerprint density at radius 2 is 0.919 bits per heavy atom. The minimum absolute atomic E-state index is 0.138. The van der Waals surface area contributed by atoms with Gasteiger partial charge < -0.3 is 4.52 Å². The molecule has 0 bridgehead atoms. The van der Waals surface area contributed by atoms with Gasteiger partial charge in [-0.05, 0) is 70.2 Å². The van der Waals surface area contributed by atoms with Crippen LogP contribution in [0.2, 0.25) is 0 Å². The summed E-state index contributed by atoms with van der Waals surface area (Å²) in [5.74, 6) is 0. The van der Waals surface area contributed by atoms with Crippen LogP contribution in [0.3, 0.4) is 0 Å². The fourth-order valence-corrected chi connectivity index (χ4v) is 7.42. The highest BCUT2D eigenvalue weighted by molar-refractivity contribution is 7.91. The van der Waals surface area contributed by atoms with E-state index in [9.17, 15) is 14.2 Å². The lowest BCUT2D eigenvalue weighted by Crippen LogP contribution is -2.17. The van der Waals surface area contributed by atoms with Crippen molar-refractivity contribution in [1.82, 2.24) is 0 Å². The van der Waals surface area contributed by atoms with E-state index < -0.39 is 18.4 Å². The first-order valence-corrected chi connectivity index (χ1v) is 15.7. The molecule has 0 unspecified atom stereocenters. The molecule has 0 aromatic heterocycles. The Balaban J connectivity index is 2.18. The third-order valence-electron chi connectivity index (χ3n) is 7.09. The van der Waals surface area contributed by atoms with Gasteiger partial charge in [0.2, 0.25) is 0 Å². The molecule has 0 atom stereocenters. The maximum atomic E-state index is 14.3. The van der Waals surface area contributed by atoms with Crippen LogP contribution in [0.15, 0.2) is 24.3 Å². The van der Waals surface area contributed by atoms with Gasteiger partial charge >= 0.3 is 7.37 Å². The van der Waals surface area contributed by atoms with Crippen LogP contribution in [0.4, 0.5) is 0 Å². The molecule has 4 nitrogen and oxygen atoms in total. The Kier molecular flexibility index (Phi) is 12.5. The summed E-state index contributed by atoms with van der Waals surface area (Å²) in [6.45, 7) is 13.6. The number of carbonyl (C=O) groups excluding carboxylic acids is 2. The number of hydrogen-bond acceptors (Lipinski definition) is 4. The number of aryl methyl sites for hydroxylation is 6. The quantitative estimate of drug-likeness (QED) is 0.161. The molecule has 5 heteroatoms. The van der Waals surface area contributed by atoms with E-state index in [-0.39, 0.29) is 6.61 Å². The Hall–Kier alpha value is -2.03. The molecule has 0 radical (unpaired) electrons. The molecule has 0 heterocycles. The summed E-state index contributed by atoms with van der Waals surface area (Å²) in [7, 11) is -4.34. The van der Waals surface area contributed by atoms with Crippen molar-refractivity contribution in [2.75, 3.05) is 6.61 Å². The van der Waals surface area contributed by atoms with Crippen molar-refractivity contribution < 1.29 is 18.7 Å². The maximum Gasteiger partial charge on any atom is 0.340 e. The molecular weight excluding hydrogens is 479 g/mol. The normalized spacial score (nSPS) is 11.6. The van der Waals surface area contributed by atoms with Crippen LogP contribution in [0.25, 0.3) is 0 Å². The van der Waals surface area contributed by atoms with E-state index in [1.807, 2.05) is 65.8 Å². The molecule has 0 aliphatic heterocycles. The second kappa shape index (κ2) is 14.8. The molecule has 0 fully saturated rings. The predicted octanol–water partition coefficient (Wildman–Crippen LogP) is 9.73. The largest absolute Gasteiger partial charge is 0.340 e. The van der Waals surface area contributed by atoms with Crippen molar-refractivity contribution >= 4 is 18.4 Å². The Morgan fingerprint density at radius 1 is 0.595 bits per heavy atom. The lowest BCUT2D eigenvalue weighted by molar-refractivity contribution is 0.0993. The van der Waals surface area contributed by atoms with Crippen molar-refractivity contribution in [2.24, 2.45) is 0 Å². The van der Waals surface area contributed by atoms with Crippen LogP contribution < -0.4 is 0 Å². The van der Waals surface area contributed by atoms with Gasteiger partial charge in [0.1, 0.15) is 0 Å². The Labute approximate surface area is 225 Å². The van der Waals surface area contributed by atoms with Gasteiger partial charge in [-0.2, -0.15) is 0 Å². The highest BCUT2D eigenvalue weighted by atomic mass is 31.2. The average molecular weight is 527 g/mol. The van der Waals surface area contributed by atoms with Gasteiger partial charge in [0, 0.05) is 11.1 Å². The van der Waals surface area contributed by atoms with Crippen molar-refractivity contribution in [1.29, 1.82) is 0 Å². The first-order valence-electron chi connectivity index (χ1n) is 14.0. The van der Waals surface area contributed by atoms with Gasteiger partial charge in [0.05, 0.1) is 6.61 Å². The second-order valence-electron chi connectivity index (χ2n) is 10.7. The molecule has 0 aliphatic carbocycles. The third kappa shape index (κ3) is 8.48. The average Bonchev–Trinajstić information content (AvgIpc) is 2.80. The number of benzene rings is 2. The summed E-state index contributed by atoms with van der Waals surface area (Å²) < 4.78 is 20.2. The van der Waals surface area contributed by atoms with Crippen molar-refractivity contribution in [3.05, 3.63) is 68.8 Å². The van der Waals surface area contributed by atoms with Crippen LogP contribution in [0.1, 0.15) is 125 Å². The molecule has 0 aliphatic rings. The monoisotopic (exact) mass is 526 g/mol. The minimum Gasteiger partial charge on any atom is -0.318 e. The lowest BCUT2D eigenvalue weighted by Gasteiger charge is -2.21. The minimum atomic E-state index is -4.34.